The number of amides is 1. The Morgan fingerprint density at radius 3 is 2.81 bits per heavy atom. The summed E-state index contributed by atoms with van der Waals surface area (Å²) in [5, 5.41) is 0.858. The van der Waals surface area contributed by atoms with Crippen LogP contribution < -0.4 is 16.0 Å². The lowest BCUT2D eigenvalue weighted by Crippen LogP contribution is -2.58. The molecule has 8 nitrogen and oxygen atoms in total. The number of aromatic nitrogens is 2. The van der Waals surface area contributed by atoms with E-state index in [1.165, 1.54) is 15.9 Å². The molecule has 0 radical (unpaired) electrons. The van der Waals surface area contributed by atoms with Crippen molar-refractivity contribution in [1.82, 2.24) is 9.47 Å². The Balaban J connectivity index is 1.69. The number of carbonyl (C=O) groups is 1. The number of carbonyl (C=O) groups excluding carboxylic acids is 1. The Bertz CT molecular complexity index is 1200. The number of hydrogen-bond acceptors (Lipinski definition) is 6. The van der Waals surface area contributed by atoms with E-state index >= 15 is 0 Å². The number of likely N-dealkylation sites (tertiary alicyclic amines) is 1. The zero-order valence-electron chi connectivity index (χ0n) is 17.8. The second-order valence-corrected chi connectivity index (χ2v) is 10.0. The molecule has 1 saturated heterocycles. The molecule has 0 bridgehead atoms. The van der Waals surface area contributed by atoms with Crippen molar-refractivity contribution in [1.29, 1.82) is 0 Å². The molecule has 0 aromatic carbocycles. The number of nitrogen functional groups attached to an aromatic ring is 1. The van der Waals surface area contributed by atoms with Gasteiger partial charge in [0.15, 0.2) is 17.9 Å². The lowest BCUT2D eigenvalue weighted by Gasteiger charge is -2.29. The van der Waals surface area contributed by atoms with Gasteiger partial charge < -0.3 is 19.8 Å². The van der Waals surface area contributed by atoms with E-state index in [1.807, 2.05) is 11.0 Å². The van der Waals surface area contributed by atoms with E-state index in [0.717, 1.165) is 46.6 Å². The molecule has 5 rings (SSSR count). The smallest absolute Gasteiger partial charge is 0.465 e. The normalized spacial score (nSPS) is 17.9. The molecule has 5 heterocycles. The minimum absolute atomic E-state index is 0.0113. The second-order valence-electron chi connectivity index (χ2n) is 8.92. The third kappa shape index (κ3) is 3.55. The molecule has 164 valence electrons. The first kappa shape index (κ1) is 20.3. The number of hydrogen-bond donors (Lipinski definition) is 1. The van der Waals surface area contributed by atoms with Crippen molar-refractivity contribution in [3.63, 3.8) is 0 Å². The molecule has 1 amide bonds. The first-order valence-corrected chi connectivity index (χ1v) is 11.5. The van der Waals surface area contributed by atoms with E-state index in [2.05, 4.69) is 13.8 Å². The van der Waals surface area contributed by atoms with Crippen molar-refractivity contribution < 1.29 is 18.5 Å². The summed E-state index contributed by atoms with van der Waals surface area (Å²) in [5.74, 6) is 1.02. The van der Waals surface area contributed by atoms with Gasteiger partial charge in [-0.2, -0.15) is 13.9 Å². The lowest BCUT2D eigenvalue weighted by atomic mass is 9.94. The van der Waals surface area contributed by atoms with Crippen LogP contribution in [0, 0.1) is 0 Å². The summed E-state index contributed by atoms with van der Waals surface area (Å²) < 4.78 is 14.6. The maximum absolute atomic E-state index is 13.5. The first-order chi connectivity index (χ1) is 14.8. The van der Waals surface area contributed by atoms with Gasteiger partial charge in [-0.05, 0) is 44.4 Å². The van der Waals surface area contributed by atoms with Gasteiger partial charge in [0, 0.05) is 24.4 Å². The van der Waals surface area contributed by atoms with Gasteiger partial charge in [0.1, 0.15) is 11.1 Å². The minimum atomic E-state index is -0.314. The molecule has 2 aliphatic rings. The van der Waals surface area contributed by atoms with Crippen LogP contribution in [0.2, 0.25) is 0 Å². The molecule has 3 aromatic heterocycles. The Morgan fingerprint density at radius 1 is 1.32 bits per heavy atom. The van der Waals surface area contributed by atoms with E-state index in [0.29, 0.717) is 24.6 Å². The van der Waals surface area contributed by atoms with Crippen molar-refractivity contribution in [2.45, 2.75) is 58.4 Å². The van der Waals surface area contributed by atoms with Gasteiger partial charge in [0.25, 0.3) is 5.91 Å². The second kappa shape index (κ2) is 7.49. The summed E-state index contributed by atoms with van der Waals surface area (Å²) in [6, 6.07) is 3.60. The molecular weight excluding hydrogens is 416 g/mol. The largest absolute Gasteiger partial charge is 0.501 e. The summed E-state index contributed by atoms with van der Waals surface area (Å²) in [7, 11) is 0. The van der Waals surface area contributed by atoms with E-state index < -0.39 is 0 Å². The standard InChI is InChI=1S/C22H26N4O4S/c1-22(2)10-15-16(13-30-22)31-20-18(15)19(23)25(11-14-6-5-9-29-14)21(28)26(20)12-17(27)24-7-3-4-8-24/h5-6,9,23H,3-4,7-8,10-13H2,1-2H3/p+1. The van der Waals surface area contributed by atoms with Crippen LogP contribution >= 0.6 is 11.3 Å². The number of rotatable bonds is 4. The molecular formula is C22H27N4O4S+. The highest BCUT2D eigenvalue weighted by Gasteiger charge is 2.35. The van der Waals surface area contributed by atoms with Crippen LogP contribution in [0.1, 0.15) is 42.9 Å². The van der Waals surface area contributed by atoms with Gasteiger partial charge in [-0.3, -0.25) is 4.79 Å². The third-order valence-electron chi connectivity index (χ3n) is 6.17. The molecule has 0 atom stereocenters. The quantitative estimate of drug-likeness (QED) is 0.623. The van der Waals surface area contributed by atoms with Crippen LogP contribution in [-0.4, -0.2) is 34.1 Å². The molecule has 3 aromatic rings. The maximum Gasteiger partial charge on any atom is 0.501 e. The Morgan fingerprint density at radius 2 is 2.10 bits per heavy atom. The highest BCUT2D eigenvalue weighted by molar-refractivity contribution is 7.18. The summed E-state index contributed by atoms with van der Waals surface area (Å²) in [6.07, 6.45) is 4.30. The van der Waals surface area contributed by atoms with E-state index in [1.54, 1.807) is 16.9 Å². The van der Waals surface area contributed by atoms with Crippen LogP contribution in [0.3, 0.4) is 0 Å². The number of nitrogens with two attached hydrogens (primary N) is 1. The number of ether oxygens (including phenoxy) is 1. The van der Waals surface area contributed by atoms with Gasteiger partial charge in [0.05, 0.1) is 18.5 Å². The molecule has 31 heavy (non-hydrogen) atoms. The summed E-state index contributed by atoms with van der Waals surface area (Å²) in [5.41, 5.74) is 7.10. The molecule has 9 heteroatoms. The van der Waals surface area contributed by atoms with E-state index in [4.69, 9.17) is 14.9 Å². The number of anilines is 1. The fourth-order valence-corrected chi connectivity index (χ4v) is 5.75. The van der Waals surface area contributed by atoms with Gasteiger partial charge >= 0.3 is 5.69 Å². The highest BCUT2D eigenvalue weighted by Crippen LogP contribution is 2.39. The molecule has 1 fully saturated rings. The first-order valence-electron chi connectivity index (χ1n) is 10.6. The average molecular weight is 444 g/mol. The molecule has 0 unspecified atom stereocenters. The predicted octanol–water partition coefficient (Wildman–Crippen LogP) is 2.05. The van der Waals surface area contributed by atoms with Gasteiger partial charge in [-0.25, -0.2) is 0 Å². The number of thiophene rings is 1. The van der Waals surface area contributed by atoms with Crippen molar-refractivity contribution >= 4 is 33.3 Å². The van der Waals surface area contributed by atoms with E-state index in [-0.39, 0.29) is 30.3 Å². The topological polar surface area (TPSA) is 94.6 Å². The average Bonchev–Trinajstić information content (AvgIpc) is 3.48. The summed E-state index contributed by atoms with van der Waals surface area (Å²) in [6.45, 7) is 6.32. The van der Waals surface area contributed by atoms with Crippen LogP contribution in [0.25, 0.3) is 10.2 Å². The SMILES string of the molecule is CC1(C)Cc2c(sc3c2c(N)n(Cc2ccco2)c(=O)[n+]3CC(=O)N2CCCC2)CO1. The highest BCUT2D eigenvalue weighted by atomic mass is 32.1. The Labute approximate surface area is 183 Å². The molecule has 0 aliphatic carbocycles. The van der Waals surface area contributed by atoms with Crippen LogP contribution in [0.4, 0.5) is 5.82 Å². The Kier molecular flexibility index (Phi) is 4.90. The van der Waals surface area contributed by atoms with Crippen molar-refractivity contribution in [3.05, 3.63) is 45.1 Å². The third-order valence-corrected chi connectivity index (χ3v) is 7.40. The number of furan rings is 1. The van der Waals surface area contributed by atoms with Crippen LogP contribution in [0.5, 0.6) is 0 Å². The zero-order valence-corrected chi connectivity index (χ0v) is 18.7. The van der Waals surface area contributed by atoms with Crippen LogP contribution in [0.15, 0.2) is 27.6 Å². The lowest BCUT2D eigenvalue weighted by molar-refractivity contribution is -0.676. The van der Waals surface area contributed by atoms with Gasteiger partial charge in [-0.15, -0.1) is 0 Å². The number of fused-ring (bicyclic) bond motifs is 3. The van der Waals surface area contributed by atoms with Gasteiger partial charge in [0.2, 0.25) is 5.82 Å². The molecule has 2 N–H and O–H groups in total. The van der Waals surface area contributed by atoms with Crippen molar-refractivity contribution in [2.75, 3.05) is 18.8 Å². The van der Waals surface area contributed by atoms with Crippen LogP contribution in [-0.2, 0) is 35.6 Å². The monoisotopic (exact) mass is 443 g/mol. The number of nitrogens with zero attached hydrogens (tertiary/aromatic N) is 3. The maximum atomic E-state index is 13.5. The molecule has 2 aliphatic heterocycles. The molecule has 0 spiro atoms. The van der Waals surface area contributed by atoms with Crippen molar-refractivity contribution in [2.24, 2.45) is 0 Å². The minimum Gasteiger partial charge on any atom is -0.465 e. The fourth-order valence-electron chi connectivity index (χ4n) is 4.52. The summed E-state index contributed by atoms with van der Waals surface area (Å²) >= 11 is 1.51. The summed E-state index contributed by atoms with van der Waals surface area (Å²) in [4.78, 5) is 30.1. The zero-order chi connectivity index (χ0) is 21.8. The van der Waals surface area contributed by atoms with Gasteiger partial charge in [-0.1, -0.05) is 11.3 Å². The molecule has 0 saturated carbocycles. The van der Waals surface area contributed by atoms with E-state index in [9.17, 15) is 9.59 Å². The fraction of sp³-hybridized carbons (Fsp3) is 0.500. The predicted molar refractivity (Wildman–Crippen MR) is 117 cm³/mol. The Hall–Kier alpha value is -2.65. The van der Waals surface area contributed by atoms with Crippen molar-refractivity contribution in [3.8, 4) is 0 Å².